The van der Waals surface area contributed by atoms with Crippen LogP contribution in [0.1, 0.15) is 24.6 Å². The monoisotopic (exact) mass is 289 g/mol. The lowest BCUT2D eigenvalue weighted by molar-refractivity contribution is -0.141. The van der Waals surface area contributed by atoms with Crippen molar-refractivity contribution in [3.05, 3.63) is 21.3 Å². The molecule has 0 saturated carbocycles. The quantitative estimate of drug-likeness (QED) is 0.811. The van der Waals surface area contributed by atoms with Gasteiger partial charge < -0.3 is 10.4 Å². The highest BCUT2D eigenvalue weighted by Crippen LogP contribution is 2.21. The minimum Gasteiger partial charge on any atom is -0.481 e. The predicted octanol–water partition coefficient (Wildman–Crippen LogP) is 2.56. The standard InChI is InChI=1S/C12H16ClNO3S/c1-2-3-8(12(16)17)7-14-11(15)6-9-4-5-10(13)18-9/h4-5,8H,2-3,6-7H2,1H3,(H,14,15)(H,16,17). The number of aliphatic carboxylic acids is 1. The maximum atomic E-state index is 11.6. The Bertz CT molecular complexity index is 419. The molecule has 2 N–H and O–H groups in total. The molecule has 0 saturated heterocycles. The first kappa shape index (κ1) is 15.0. The van der Waals surface area contributed by atoms with Gasteiger partial charge in [0.25, 0.3) is 0 Å². The van der Waals surface area contributed by atoms with Gasteiger partial charge in [0.2, 0.25) is 5.91 Å². The number of carboxylic acids is 1. The summed E-state index contributed by atoms with van der Waals surface area (Å²) in [5.74, 6) is -1.54. The van der Waals surface area contributed by atoms with Crippen molar-refractivity contribution in [2.24, 2.45) is 5.92 Å². The molecule has 0 spiro atoms. The van der Waals surface area contributed by atoms with Crippen LogP contribution in [-0.2, 0) is 16.0 Å². The smallest absolute Gasteiger partial charge is 0.308 e. The van der Waals surface area contributed by atoms with Crippen LogP contribution in [0.15, 0.2) is 12.1 Å². The number of halogens is 1. The molecule has 1 unspecified atom stereocenters. The minimum absolute atomic E-state index is 0.170. The molecule has 1 aromatic rings. The first-order chi connectivity index (χ1) is 8.52. The van der Waals surface area contributed by atoms with E-state index in [1.54, 1.807) is 12.1 Å². The number of amides is 1. The average Bonchev–Trinajstić information content (AvgIpc) is 2.69. The van der Waals surface area contributed by atoms with E-state index in [2.05, 4.69) is 5.32 Å². The molecule has 0 aliphatic rings. The van der Waals surface area contributed by atoms with Crippen molar-refractivity contribution in [1.82, 2.24) is 5.32 Å². The molecule has 1 atom stereocenters. The first-order valence-corrected chi connectivity index (χ1v) is 6.96. The summed E-state index contributed by atoms with van der Waals surface area (Å²) >= 11 is 7.12. The number of carbonyl (C=O) groups is 2. The summed E-state index contributed by atoms with van der Waals surface area (Å²) in [6.07, 6.45) is 1.60. The van der Waals surface area contributed by atoms with Crippen LogP contribution in [0.2, 0.25) is 4.34 Å². The van der Waals surface area contributed by atoms with Crippen LogP contribution in [0.3, 0.4) is 0 Å². The molecule has 18 heavy (non-hydrogen) atoms. The molecule has 1 amide bonds. The number of nitrogens with one attached hydrogen (secondary N) is 1. The van der Waals surface area contributed by atoms with Gasteiger partial charge in [-0.2, -0.15) is 0 Å². The van der Waals surface area contributed by atoms with Gasteiger partial charge >= 0.3 is 5.97 Å². The van der Waals surface area contributed by atoms with E-state index < -0.39 is 11.9 Å². The van der Waals surface area contributed by atoms with E-state index in [1.165, 1.54) is 11.3 Å². The van der Waals surface area contributed by atoms with Gasteiger partial charge in [-0.3, -0.25) is 9.59 Å². The molecule has 0 bridgehead atoms. The van der Waals surface area contributed by atoms with Crippen molar-refractivity contribution in [3.63, 3.8) is 0 Å². The normalized spacial score (nSPS) is 12.1. The van der Waals surface area contributed by atoms with E-state index in [1.807, 2.05) is 6.92 Å². The Morgan fingerprint density at radius 2 is 2.22 bits per heavy atom. The second-order valence-corrected chi connectivity index (χ2v) is 5.81. The first-order valence-electron chi connectivity index (χ1n) is 5.76. The number of carboxylic acid groups (broad SMARTS) is 1. The van der Waals surface area contributed by atoms with Gasteiger partial charge in [-0.15, -0.1) is 11.3 Å². The van der Waals surface area contributed by atoms with Gasteiger partial charge in [-0.25, -0.2) is 0 Å². The summed E-state index contributed by atoms with van der Waals surface area (Å²) in [5, 5.41) is 11.6. The molecule has 0 radical (unpaired) electrons. The Hall–Kier alpha value is -1.07. The lowest BCUT2D eigenvalue weighted by atomic mass is 10.0. The van der Waals surface area contributed by atoms with E-state index in [9.17, 15) is 9.59 Å². The van der Waals surface area contributed by atoms with Crippen LogP contribution in [0.5, 0.6) is 0 Å². The number of rotatable bonds is 7. The second-order valence-electron chi connectivity index (χ2n) is 4.01. The zero-order valence-electron chi connectivity index (χ0n) is 10.1. The van der Waals surface area contributed by atoms with Crippen molar-refractivity contribution in [3.8, 4) is 0 Å². The Balaban J connectivity index is 2.38. The molecule has 6 heteroatoms. The third-order valence-electron chi connectivity index (χ3n) is 2.50. The Morgan fingerprint density at radius 3 is 2.72 bits per heavy atom. The second kappa shape index (κ2) is 7.38. The van der Waals surface area contributed by atoms with E-state index in [0.717, 1.165) is 11.3 Å². The highest BCUT2D eigenvalue weighted by atomic mass is 35.5. The van der Waals surface area contributed by atoms with Crippen LogP contribution in [0.25, 0.3) is 0 Å². The van der Waals surface area contributed by atoms with Gasteiger partial charge in [-0.05, 0) is 18.6 Å². The fraction of sp³-hybridized carbons (Fsp3) is 0.500. The third-order valence-corrected chi connectivity index (χ3v) is 3.73. The summed E-state index contributed by atoms with van der Waals surface area (Å²) in [6.45, 7) is 2.10. The molecule has 100 valence electrons. The highest BCUT2D eigenvalue weighted by molar-refractivity contribution is 7.16. The maximum Gasteiger partial charge on any atom is 0.308 e. The van der Waals surface area contributed by atoms with Crippen molar-refractivity contribution >= 4 is 34.8 Å². The van der Waals surface area contributed by atoms with Crippen LogP contribution in [-0.4, -0.2) is 23.5 Å². The van der Waals surface area contributed by atoms with Gasteiger partial charge in [0, 0.05) is 11.4 Å². The van der Waals surface area contributed by atoms with E-state index in [0.29, 0.717) is 10.8 Å². The summed E-state index contributed by atoms with van der Waals surface area (Å²) in [5.41, 5.74) is 0. The molecule has 0 aromatic carbocycles. The fourth-order valence-electron chi connectivity index (χ4n) is 1.57. The minimum atomic E-state index is -0.865. The van der Waals surface area contributed by atoms with Crippen LogP contribution in [0, 0.1) is 5.92 Å². The zero-order valence-corrected chi connectivity index (χ0v) is 11.7. The van der Waals surface area contributed by atoms with Gasteiger partial charge in [0.15, 0.2) is 0 Å². The summed E-state index contributed by atoms with van der Waals surface area (Å²) in [4.78, 5) is 23.4. The Morgan fingerprint density at radius 1 is 1.50 bits per heavy atom. The van der Waals surface area contributed by atoms with Crippen LogP contribution < -0.4 is 5.32 Å². The highest BCUT2D eigenvalue weighted by Gasteiger charge is 2.17. The van der Waals surface area contributed by atoms with Crippen molar-refractivity contribution in [2.75, 3.05) is 6.54 Å². The van der Waals surface area contributed by atoms with E-state index >= 15 is 0 Å². The lowest BCUT2D eigenvalue weighted by Gasteiger charge is -2.11. The average molecular weight is 290 g/mol. The molecular weight excluding hydrogens is 274 g/mol. The maximum absolute atomic E-state index is 11.6. The predicted molar refractivity (Wildman–Crippen MR) is 72.1 cm³/mol. The van der Waals surface area contributed by atoms with E-state index in [4.69, 9.17) is 16.7 Å². The molecular formula is C12H16ClNO3S. The van der Waals surface area contributed by atoms with E-state index in [-0.39, 0.29) is 18.9 Å². The van der Waals surface area contributed by atoms with Gasteiger partial charge in [0.05, 0.1) is 16.7 Å². The zero-order chi connectivity index (χ0) is 13.5. The lowest BCUT2D eigenvalue weighted by Crippen LogP contribution is -2.33. The summed E-state index contributed by atoms with van der Waals surface area (Å²) < 4.78 is 0.646. The number of hydrogen-bond acceptors (Lipinski definition) is 3. The van der Waals surface area contributed by atoms with Crippen molar-refractivity contribution < 1.29 is 14.7 Å². The fourth-order valence-corrected chi connectivity index (χ4v) is 2.65. The van der Waals surface area contributed by atoms with Crippen LogP contribution in [0.4, 0.5) is 0 Å². The number of thiophene rings is 1. The molecule has 1 rings (SSSR count). The van der Waals surface area contributed by atoms with Gasteiger partial charge in [-0.1, -0.05) is 24.9 Å². The molecule has 0 aliphatic carbocycles. The third kappa shape index (κ3) is 5.06. The molecule has 4 nitrogen and oxygen atoms in total. The Labute approximate surface area is 115 Å². The van der Waals surface area contributed by atoms with Crippen molar-refractivity contribution in [1.29, 1.82) is 0 Å². The Kier molecular flexibility index (Phi) is 6.15. The van der Waals surface area contributed by atoms with Gasteiger partial charge in [0.1, 0.15) is 0 Å². The summed E-state index contributed by atoms with van der Waals surface area (Å²) in [6, 6.07) is 3.54. The topological polar surface area (TPSA) is 66.4 Å². The number of hydrogen-bond donors (Lipinski definition) is 2. The number of carbonyl (C=O) groups excluding carboxylic acids is 1. The molecule has 1 aromatic heterocycles. The summed E-state index contributed by atoms with van der Waals surface area (Å²) in [7, 11) is 0. The largest absolute Gasteiger partial charge is 0.481 e. The van der Waals surface area contributed by atoms with Crippen molar-refractivity contribution in [2.45, 2.75) is 26.2 Å². The molecule has 0 fully saturated rings. The van der Waals surface area contributed by atoms with Crippen LogP contribution >= 0.6 is 22.9 Å². The molecule has 1 heterocycles. The SMILES string of the molecule is CCCC(CNC(=O)Cc1ccc(Cl)s1)C(=O)O. The molecule has 0 aliphatic heterocycles.